The van der Waals surface area contributed by atoms with Gasteiger partial charge in [-0.15, -0.1) is 0 Å². The molecule has 0 saturated heterocycles. The van der Waals surface area contributed by atoms with Gasteiger partial charge in [0.15, 0.2) is 0 Å². The highest BCUT2D eigenvalue weighted by atomic mass is 16.6. The third-order valence-corrected chi connectivity index (χ3v) is 3.37. The summed E-state index contributed by atoms with van der Waals surface area (Å²) in [6.45, 7) is 7.57. The zero-order valence-electron chi connectivity index (χ0n) is 16.0. The number of hydrogen-bond donors (Lipinski definition) is 2. The predicted octanol–water partition coefficient (Wildman–Crippen LogP) is 2.89. The molecule has 0 aliphatic rings. The number of nitrogens with zero attached hydrogens (tertiary/aromatic N) is 1. The monoisotopic (exact) mass is 365 g/mol. The van der Waals surface area contributed by atoms with Crippen LogP contribution < -0.4 is 11.1 Å². The minimum absolute atomic E-state index is 0.231. The van der Waals surface area contributed by atoms with Crippen molar-refractivity contribution in [2.75, 3.05) is 26.2 Å². The number of benzene rings is 1. The molecule has 2 amide bonds. The quantitative estimate of drug-likeness (QED) is 0.656. The van der Waals surface area contributed by atoms with Crippen LogP contribution in [0.15, 0.2) is 30.3 Å². The Kier molecular flexibility index (Phi) is 9.51. The highest BCUT2D eigenvalue weighted by molar-refractivity contribution is 5.68. The van der Waals surface area contributed by atoms with Crippen LogP contribution >= 0.6 is 0 Å². The van der Waals surface area contributed by atoms with Crippen molar-refractivity contribution < 1.29 is 19.1 Å². The lowest BCUT2D eigenvalue weighted by Crippen LogP contribution is -2.37. The Hall–Kier alpha value is -2.28. The van der Waals surface area contributed by atoms with E-state index in [1.165, 1.54) is 0 Å². The van der Waals surface area contributed by atoms with Crippen LogP contribution in [0.3, 0.4) is 0 Å². The molecule has 0 bridgehead atoms. The zero-order chi connectivity index (χ0) is 19.4. The summed E-state index contributed by atoms with van der Waals surface area (Å²) in [5.74, 6) is 0. The number of carbonyl (C=O) groups is 2. The molecule has 0 atom stereocenters. The molecule has 1 rings (SSSR count). The van der Waals surface area contributed by atoms with Crippen molar-refractivity contribution in [3.05, 3.63) is 35.9 Å². The number of alkyl carbamates (subject to hydrolysis) is 1. The third kappa shape index (κ3) is 9.88. The van der Waals surface area contributed by atoms with E-state index in [1.54, 1.807) is 4.90 Å². The van der Waals surface area contributed by atoms with Gasteiger partial charge < -0.3 is 25.4 Å². The Labute approximate surface area is 155 Å². The fourth-order valence-corrected chi connectivity index (χ4v) is 2.16. The van der Waals surface area contributed by atoms with Crippen molar-refractivity contribution in [1.29, 1.82) is 0 Å². The summed E-state index contributed by atoms with van der Waals surface area (Å²) in [6.07, 6.45) is 0.460. The molecular weight excluding hydrogens is 334 g/mol. The average molecular weight is 365 g/mol. The Balaban J connectivity index is 2.37. The van der Waals surface area contributed by atoms with Gasteiger partial charge in [0.05, 0.1) is 0 Å². The molecule has 0 aliphatic heterocycles. The van der Waals surface area contributed by atoms with Crippen molar-refractivity contribution in [2.45, 2.75) is 45.8 Å². The van der Waals surface area contributed by atoms with E-state index in [1.807, 2.05) is 51.1 Å². The summed E-state index contributed by atoms with van der Waals surface area (Å²) < 4.78 is 10.5. The van der Waals surface area contributed by atoms with Gasteiger partial charge >= 0.3 is 12.2 Å². The smallest absolute Gasteiger partial charge is 0.410 e. The van der Waals surface area contributed by atoms with E-state index in [2.05, 4.69) is 5.32 Å². The second kappa shape index (κ2) is 11.4. The Bertz CT molecular complexity index is 543. The first kappa shape index (κ1) is 21.8. The first-order valence-corrected chi connectivity index (χ1v) is 8.94. The third-order valence-electron chi connectivity index (χ3n) is 3.37. The number of hydrogen-bond acceptors (Lipinski definition) is 5. The van der Waals surface area contributed by atoms with Gasteiger partial charge in [0.1, 0.15) is 12.2 Å². The normalized spacial score (nSPS) is 10.9. The van der Waals surface area contributed by atoms with Crippen LogP contribution in [0.5, 0.6) is 0 Å². The molecule has 1 aromatic carbocycles. The first-order chi connectivity index (χ1) is 12.3. The van der Waals surface area contributed by atoms with Crippen LogP contribution in [0.2, 0.25) is 0 Å². The molecule has 0 fully saturated rings. The molecule has 7 heteroatoms. The second-order valence-electron chi connectivity index (χ2n) is 6.95. The molecule has 0 spiro atoms. The molecule has 0 aromatic heterocycles. The number of nitrogens with one attached hydrogen (secondary N) is 1. The summed E-state index contributed by atoms with van der Waals surface area (Å²) >= 11 is 0. The van der Waals surface area contributed by atoms with E-state index in [0.717, 1.165) is 5.56 Å². The highest BCUT2D eigenvalue weighted by Crippen LogP contribution is 2.07. The molecule has 146 valence electrons. The van der Waals surface area contributed by atoms with E-state index in [9.17, 15) is 9.59 Å². The van der Waals surface area contributed by atoms with Gasteiger partial charge in [-0.1, -0.05) is 30.3 Å². The van der Waals surface area contributed by atoms with E-state index in [4.69, 9.17) is 15.2 Å². The maximum Gasteiger partial charge on any atom is 0.410 e. The van der Waals surface area contributed by atoms with Gasteiger partial charge in [-0.05, 0) is 45.7 Å². The minimum Gasteiger partial charge on any atom is -0.445 e. The van der Waals surface area contributed by atoms with Crippen molar-refractivity contribution >= 4 is 12.2 Å². The van der Waals surface area contributed by atoms with Crippen LogP contribution in [0.4, 0.5) is 9.59 Å². The van der Waals surface area contributed by atoms with Crippen LogP contribution in [0.1, 0.15) is 39.2 Å². The van der Waals surface area contributed by atoms with E-state index in [0.29, 0.717) is 39.0 Å². The number of amides is 2. The fraction of sp³-hybridized carbons (Fsp3) is 0.579. The number of carbonyl (C=O) groups excluding carboxylic acids is 2. The van der Waals surface area contributed by atoms with E-state index < -0.39 is 11.7 Å². The standard InChI is InChI=1S/C19H31N3O4/c1-19(2,3)26-17(23)21-12-8-14-22(13-7-11-20)18(24)25-15-16-9-5-4-6-10-16/h4-6,9-10H,7-8,11-15,20H2,1-3H3,(H,21,23). The maximum atomic E-state index is 12.3. The fourth-order valence-electron chi connectivity index (χ4n) is 2.16. The summed E-state index contributed by atoms with van der Waals surface area (Å²) in [4.78, 5) is 25.5. The van der Waals surface area contributed by atoms with Crippen LogP contribution in [0, 0.1) is 0 Å². The first-order valence-electron chi connectivity index (χ1n) is 8.94. The van der Waals surface area contributed by atoms with Crippen LogP contribution in [-0.2, 0) is 16.1 Å². The molecule has 0 aliphatic carbocycles. The second-order valence-corrected chi connectivity index (χ2v) is 6.95. The van der Waals surface area contributed by atoms with Gasteiger partial charge in [0.25, 0.3) is 0 Å². The largest absolute Gasteiger partial charge is 0.445 e. The molecule has 26 heavy (non-hydrogen) atoms. The molecule has 0 saturated carbocycles. The molecule has 0 unspecified atom stereocenters. The predicted molar refractivity (Wildman–Crippen MR) is 101 cm³/mol. The number of nitrogens with two attached hydrogens (primary N) is 1. The molecule has 3 N–H and O–H groups in total. The summed E-state index contributed by atoms with van der Waals surface area (Å²) in [6, 6.07) is 9.52. The van der Waals surface area contributed by atoms with Crippen molar-refractivity contribution in [3.63, 3.8) is 0 Å². The number of rotatable bonds is 9. The van der Waals surface area contributed by atoms with Crippen molar-refractivity contribution in [2.24, 2.45) is 5.73 Å². The molecule has 1 aromatic rings. The van der Waals surface area contributed by atoms with Crippen molar-refractivity contribution in [1.82, 2.24) is 10.2 Å². The zero-order valence-corrected chi connectivity index (χ0v) is 16.0. The minimum atomic E-state index is -0.529. The lowest BCUT2D eigenvalue weighted by Gasteiger charge is -2.23. The Morgan fingerprint density at radius 1 is 1.12 bits per heavy atom. The summed E-state index contributed by atoms with van der Waals surface area (Å²) in [5, 5.41) is 2.68. The Morgan fingerprint density at radius 3 is 2.38 bits per heavy atom. The lowest BCUT2D eigenvalue weighted by molar-refractivity contribution is 0.0525. The van der Waals surface area contributed by atoms with Gasteiger partial charge in [-0.2, -0.15) is 0 Å². The van der Waals surface area contributed by atoms with E-state index >= 15 is 0 Å². The molecule has 7 nitrogen and oxygen atoms in total. The Morgan fingerprint density at radius 2 is 1.77 bits per heavy atom. The molecular formula is C19H31N3O4. The van der Waals surface area contributed by atoms with Gasteiger partial charge in [-0.25, -0.2) is 9.59 Å². The average Bonchev–Trinajstić information content (AvgIpc) is 2.58. The highest BCUT2D eigenvalue weighted by Gasteiger charge is 2.17. The van der Waals surface area contributed by atoms with E-state index in [-0.39, 0.29) is 12.7 Å². The maximum absolute atomic E-state index is 12.3. The van der Waals surface area contributed by atoms with Crippen LogP contribution in [-0.4, -0.2) is 48.9 Å². The van der Waals surface area contributed by atoms with Gasteiger partial charge in [-0.3, -0.25) is 0 Å². The van der Waals surface area contributed by atoms with Gasteiger partial charge in [0.2, 0.25) is 0 Å². The number of ether oxygens (including phenoxy) is 2. The topological polar surface area (TPSA) is 93.9 Å². The lowest BCUT2D eigenvalue weighted by atomic mass is 10.2. The van der Waals surface area contributed by atoms with Gasteiger partial charge in [0, 0.05) is 19.6 Å². The van der Waals surface area contributed by atoms with Crippen LogP contribution in [0.25, 0.3) is 0 Å². The summed E-state index contributed by atoms with van der Waals surface area (Å²) in [5.41, 5.74) is 5.95. The summed E-state index contributed by atoms with van der Waals surface area (Å²) in [7, 11) is 0. The SMILES string of the molecule is CC(C)(C)OC(=O)NCCCN(CCCN)C(=O)OCc1ccccc1. The van der Waals surface area contributed by atoms with Crippen molar-refractivity contribution in [3.8, 4) is 0 Å². The molecule has 0 heterocycles. The molecule has 0 radical (unpaired) electrons.